The van der Waals surface area contributed by atoms with Gasteiger partial charge < -0.3 is 18.9 Å². The first-order valence-corrected chi connectivity index (χ1v) is 17.0. The van der Waals surface area contributed by atoms with E-state index < -0.39 is 46.5 Å². The molecule has 0 aromatic heterocycles. The summed E-state index contributed by atoms with van der Waals surface area (Å²) < 4.78 is 21.5. The van der Waals surface area contributed by atoms with E-state index in [4.69, 9.17) is 88.6 Å². The average Bonchev–Trinajstić information content (AvgIpc) is 3.90. The number of ether oxygens (including phenoxy) is 4. The molecule has 0 N–H and O–H groups in total. The van der Waals surface area contributed by atoms with Crippen molar-refractivity contribution in [1.29, 1.82) is 0 Å². The molecule has 2 saturated carbocycles. The fourth-order valence-electron chi connectivity index (χ4n) is 5.27. The second-order valence-electron chi connectivity index (χ2n) is 12.2. The SMILES string of the molecule is CC(C)C(COC(=O)c1c(Cl)c(Cl)cc(Cl)c1OC(=O)C(=O)Oc1c(Cl)cc(Cl)c(Cl)c1C(=O)OCC(C(C)C)C1CC1)C1CC1. The lowest BCUT2D eigenvalue weighted by Crippen LogP contribution is -2.28. The average molecular weight is 757 g/mol. The van der Waals surface area contributed by atoms with E-state index in [0.717, 1.165) is 37.8 Å². The van der Waals surface area contributed by atoms with Crippen molar-refractivity contribution in [2.45, 2.75) is 53.4 Å². The molecular weight excluding hydrogens is 725 g/mol. The number of carbonyl (C=O) groups is 4. The van der Waals surface area contributed by atoms with Crippen molar-refractivity contribution >= 4 is 93.5 Å². The van der Waals surface area contributed by atoms with Crippen molar-refractivity contribution in [3.05, 3.63) is 53.4 Å². The summed E-state index contributed by atoms with van der Waals surface area (Å²) in [7, 11) is 0. The smallest absolute Gasteiger partial charge is 0.423 e. The Morgan fingerprint density at radius 1 is 0.609 bits per heavy atom. The van der Waals surface area contributed by atoms with Crippen LogP contribution in [0.4, 0.5) is 0 Å². The number of rotatable bonds is 12. The minimum absolute atomic E-state index is 0.0876. The van der Waals surface area contributed by atoms with E-state index in [-0.39, 0.29) is 67.0 Å². The molecule has 4 rings (SSSR count). The molecule has 0 bridgehead atoms. The molecule has 2 aliphatic rings. The topological polar surface area (TPSA) is 105 Å². The molecule has 14 heteroatoms. The first-order valence-electron chi connectivity index (χ1n) is 14.7. The normalized spacial score (nSPS) is 15.8. The zero-order valence-electron chi connectivity index (χ0n) is 25.4. The van der Waals surface area contributed by atoms with Gasteiger partial charge in [-0.05, 0) is 73.3 Å². The predicted octanol–water partition coefficient (Wildman–Crippen LogP) is 9.80. The van der Waals surface area contributed by atoms with Crippen LogP contribution in [0.3, 0.4) is 0 Å². The van der Waals surface area contributed by atoms with E-state index in [9.17, 15) is 19.2 Å². The van der Waals surface area contributed by atoms with Gasteiger partial charge >= 0.3 is 23.9 Å². The van der Waals surface area contributed by atoms with Crippen LogP contribution in [0.2, 0.25) is 30.1 Å². The molecule has 250 valence electrons. The van der Waals surface area contributed by atoms with Crippen LogP contribution in [0.25, 0.3) is 0 Å². The monoisotopic (exact) mass is 754 g/mol. The standard InChI is InChI=1S/C32H32Cl6O8/c1-13(2)17(15-5-6-15)11-43-29(39)23-25(37)19(33)9-21(35)27(23)45-31(41)32(42)46-28-22(36)10-20(34)26(38)24(28)30(40)44-12-18(14(3)4)16-7-8-16/h9-10,13-18H,5-8,11-12H2,1-4H3. The molecule has 2 atom stereocenters. The van der Waals surface area contributed by atoms with Crippen LogP contribution < -0.4 is 9.47 Å². The molecule has 0 aliphatic heterocycles. The Hall–Kier alpha value is -1.94. The molecule has 8 nitrogen and oxygen atoms in total. The van der Waals surface area contributed by atoms with Crippen LogP contribution in [0.5, 0.6) is 11.5 Å². The Bertz CT molecular complexity index is 1420. The maximum atomic E-state index is 13.2. The van der Waals surface area contributed by atoms with Gasteiger partial charge in [-0.25, -0.2) is 19.2 Å². The van der Waals surface area contributed by atoms with Crippen LogP contribution >= 0.6 is 69.6 Å². The quantitative estimate of drug-likeness (QED) is 0.0913. The molecule has 0 spiro atoms. The number of halogens is 6. The molecule has 2 unspecified atom stereocenters. The first-order chi connectivity index (χ1) is 21.6. The lowest BCUT2D eigenvalue weighted by molar-refractivity contribution is -0.156. The maximum absolute atomic E-state index is 13.2. The van der Waals surface area contributed by atoms with E-state index in [0.29, 0.717) is 11.8 Å². The molecule has 2 aromatic carbocycles. The third-order valence-corrected chi connectivity index (χ3v) is 10.3. The zero-order chi connectivity index (χ0) is 34.0. The third-order valence-electron chi connectivity index (χ3n) is 8.20. The zero-order valence-corrected chi connectivity index (χ0v) is 29.9. The van der Waals surface area contributed by atoms with E-state index in [1.165, 1.54) is 0 Å². The molecule has 2 aliphatic carbocycles. The molecule has 2 fully saturated rings. The van der Waals surface area contributed by atoms with Gasteiger partial charge in [-0.2, -0.15) is 0 Å². The Kier molecular flexibility index (Phi) is 12.4. The summed E-state index contributed by atoms with van der Waals surface area (Å²) in [5.41, 5.74) is -0.906. The maximum Gasteiger partial charge on any atom is 0.423 e. The van der Waals surface area contributed by atoms with Crippen molar-refractivity contribution < 1.29 is 38.1 Å². The van der Waals surface area contributed by atoms with Crippen molar-refractivity contribution in [1.82, 2.24) is 0 Å². The minimum Gasteiger partial charge on any atom is -0.462 e. The van der Waals surface area contributed by atoms with Crippen molar-refractivity contribution in [2.24, 2.45) is 35.5 Å². The number of hydrogen-bond acceptors (Lipinski definition) is 8. The van der Waals surface area contributed by atoms with Gasteiger partial charge in [-0.3, -0.25) is 0 Å². The van der Waals surface area contributed by atoms with Crippen LogP contribution in [0.1, 0.15) is 74.1 Å². The number of benzene rings is 2. The van der Waals surface area contributed by atoms with Gasteiger partial charge in [0.05, 0.1) is 43.3 Å². The third kappa shape index (κ3) is 8.74. The summed E-state index contributed by atoms with van der Waals surface area (Å²) >= 11 is 37.5. The molecule has 0 heterocycles. The molecule has 0 saturated heterocycles. The summed E-state index contributed by atoms with van der Waals surface area (Å²) in [6.07, 6.45) is 4.15. The van der Waals surface area contributed by atoms with Crippen LogP contribution in [-0.4, -0.2) is 37.1 Å². The Balaban J connectivity index is 1.55. The molecule has 46 heavy (non-hydrogen) atoms. The van der Waals surface area contributed by atoms with Gasteiger partial charge in [0.25, 0.3) is 0 Å². The van der Waals surface area contributed by atoms with Gasteiger partial charge in [-0.15, -0.1) is 0 Å². The van der Waals surface area contributed by atoms with Gasteiger partial charge in [0, 0.05) is 0 Å². The highest BCUT2D eigenvalue weighted by Gasteiger charge is 2.37. The van der Waals surface area contributed by atoms with Crippen LogP contribution in [0.15, 0.2) is 12.1 Å². The highest BCUT2D eigenvalue weighted by molar-refractivity contribution is 6.47. The largest absolute Gasteiger partial charge is 0.462 e. The Labute approximate surface area is 297 Å². The second-order valence-corrected chi connectivity index (χ2v) is 14.6. The fraction of sp³-hybridized carbons (Fsp3) is 0.500. The van der Waals surface area contributed by atoms with E-state index >= 15 is 0 Å². The minimum atomic E-state index is -1.64. The lowest BCUT2D eigenvalue weighted by atomic mass is 9.92. The summed E-state index contributed by atoms with van der Waals surface area (Å²) in [4.78, 5) is 52.4. The molecule has 0 radical (unpaired) electrons. The van der Waals surface area contributed by atoms with Crippen molar-refractivity contribution in [2.75, 3.05) is 13.2 Å². The highest BCUT2D eigenvalue weighted by Crippen LogP contribution is 2.44. The Morgan fingerprint density at radius 3 is 1.22 bits per heavy atom. The van der Waals surface area contributed by atoms with Crippen LogP contribution in [-0.2, 0) is 19.1 Å². The first kappa shape index (κ1) is 36.9. The predicted molar refractivity (Wildman–Crippen MR) is 177 cm³/mol. The van der Waals surface area contributed by atoms with Gasteiger partial charge in [-0.1, -0.05) is 97.3 Å². The van der Waals surface area contributed by atoms with Gasteiger partial charge in [0.15, 0.2) is 11.5 Å². The van der Waals surface area contributed by atoms with E-state index in [2.05, 4.69) is 0 Å². The van der Waals surface area contributed by atoms with Gasteiger partial charge in [0.2, 0.25) is 0 Å². The molecular formula is C32H32Cl6O8. The van der Waals surface area contributed by atoms with Crippen LogP contribution in [0, 0.1) is 35.5 Å². The molecule has 2 aromatic rings. The Morgan fingerprint density at radius 2 is 0.935 bits per heavy atom. The number of esters is 4. The van der Waals surface area contributed by atoms with Crippen molar-refractivity contribution in [3.63, 3.8) is 0 Å². The number of carbonyl (C=O) groups excluding carboxylic acids is 4. The summed E-state index contributed by atoms with van der Waals surface area (Å²) in [6.45, 7) is 8.29. The lowest BCUT2D eigenvalue weighted by Gasteiger charge is -2.21. The van der Waals surface area contributed by atoms with Gasteiger partial charge in [0.1, 0.15) is 11.1 Å². The highest BCUT2D eigenvalue weighted by atomic mass is 35.5. The number of hydrogen-bond donors (Lipinski definition) is 0. The fourth-order valence-corrected chi connectivity index (χ4v) is 6.71. The van der Waals surface area contributed by atoms with E-state index in [1.54, 1.807) is 0 Å². The summed E-state index contributed by atoms with van der Waals surface area (Å²) in [5.74, 6) is -4.75. The van der Waals surface area contributed by atoms with E-state index in [1.807, 2.05) is 27.7 Å². The molecule has 0 amide bonds. The summed E-state index contributed by atoms with van der Waals surface area (Å²) in [5, 5.41) is -1.45. The second kappa shape index (κ2) is 15.5. The summed E-state index contributed by atoms with van der Waals surface area (Å²) in [6, 6.07) is 2.26. The van der Waals surface area contributed by atoms with Crippen molar-refractivity contribution in [3.8, 4) is 11.5 Å².